The van der Waals surface area contributed by atoms with Crippen molar-refractivity contribution in [3.05, 3.63) is 46.9 Å². The fourth-order valence-corrected chi connectivity index (χ4v) is 6.28. The Morgan fingerprint density at radius 3 is 2.70 bits per heavy atom. The lowest BCUT2D eigenvalue weighted by atomic mass is 10.0. The van der Waals surface area contributed by atoms with Gasteiger partial charge in [-0.15, -0.1) is 0 Å². The Hall–Kier alpha value is -2.36. The normalized spacial score (nSPS) is 21.2. The van der Waals surface area contributed by atoms with Gasteiger partial charge in [0.15, 0.2) is 5.78 Å². The molecule has 1 aliphatic heterocycles. The van der Waals surface area contributed by atoms with Crippen LogP contribution in [0.5, 0.6) is 0 Å². The van der Waals surface area contributed by atoms with E-state index in [-0.39, 0.29) is 29.9 Å². The van der Waals surface area contributed by atoms with Gasteiger partial charge < -0.3 is 10.1 Å². The Morgan fingerprint density at radius 2 is 2.00 bits per heavy atom. The molecule has 0 radical (unpaired) electrons. The minimum atomic E-state index is -3.97. The number of hydrogen-bond donors (Lipinski definition) is 2. The van der Waals surface area contributed by atoms with Crippen molar-refractivity contribution >= 4 is 26.6 Å². The first-order valence-electron chi connectivity index (χ1n) is 11.3. The van der Waals surface area contributed by atoms with Crippen molar-refractivity contribution in [2.75, 3.05) is 19.8 Å². The Labute approximate surface area is 192 Å². The van der Waals surface area contributed by atoms with Crippen molar-refractivity contribution in [2.24, 2.45) is 0 Å². The van der Waals surface area contributed by atoms with E-state index in [1.54, 1.807) is 12.3 Å². The molecule has 0 amide bonds. The molecule has 7 nitrogen and oxygen atoms in total. The number of carbonyl (C=O) groups is 1. The molecule has 5 rings (SSSR count). The molecule has 2 aliphatic carbocycles. The van der Waals surface area contributed by atoms with Crippen molar-refractivity contribution in [1.29, 1.82) is 0 Å². The largest absolute Gasteiger partial charge is 0.383 e. The molecule has 1 aromatic heterocycles. The van der Waals surface area contributed by atoms with Gasteiger partial charge in [0.1, 0.15) is 12.3 Å². The number of sulfonamides is 1. The SMILES string of the molecule is CC(C)(F)CNS(=O)(=O)c1c2c(cc3cnc(C4CC4)cc13)C[C@@H](NC1=CC(=O)COC1)C2. The van der Waals surface area contributed by atoms with Gasteiger partial charge in [0, 0.05) is 52.9 Å². The highest BCUT2D eigenvalue weighted by atomic mass is 32.2. The molecule has 1 atom stereocenters. The summed E-state index contributed by atoms with van der Waals surface area (Å²) in [5.74, 6) is 0.283. The summed E-state index contributed by atoms with van der Waals surface area (Å²) in [4.78, 5) is 16.5. The maximum absolute atomic E-state index is 14.2. The molecule has 2 N–H and O–H groups in total. The van der Waals surface area contributed by atoms with Gasteiger partial charge in [-0.25, -0.2) is 17.5 Å². The predicted octanol–water partition coefficient (Wildman–Crippen LogP) is 2.68. The third-order valence-electron chi connectivity index (χ3n) is 6.28. The van der Waals surface area contributed by atoms with Crippen LogP contribution in [-0.2, 0) is 32.4 Å². The molecule has 1 fully saturated rings. The van der Waals surface area contributed by atoms with Crippen molar-refractivity contribution in [2.45, 2.75) is 62.1 Å². The van der Waals surface area contributed by atoms with Gasteiger partial charge >= 0.3 is 0 Å². The number of carbonyl (C=O) groups excluding carboxylic acids is 1. The zero-order chi connectivity index (χ0) is 23.4. The molecule has 0 saturated heterocycles. The Kier molecular flexibility index (Phi) is 5.54. The average molecular weight is 474 g/mol. The highest BCUT2D eigenvalue weighted by Crippen LogP contribution is 2.42. The van der Waals surface area contributed by atoms with Crippen LogP contribution in [-0.4, -0.2) is 50.7 Å². The van der Waals surface area contributed by atoms with Crippen LogP contribution in [0.3, 0.4) is 0 Å². The van der Waals surface area contributed by atoms with E-state index in [2.05, 4.69) is 15.0 Å². The number of alkyl halides is 1. The number of halogens is 1. The number of benzene rings is 1. The van der Waals surface area contributed by atoms with Gasteiger partial charge in [0.25, 0.3) is 0 Å². The minimum Gasteiger partial charge on any atom is -0.383 e. The first kappa shape index (κ1) is 22.4. The molecular formula is C24H28FN3O4S. The maximum Gasteiger partial charge on any atom is 0.241 e. The molecule has 0 bridgehead atoms. The average Bonchev–Trinajstić information content (AvgIpc) is 3.50. The molecule has 0 spiro atoms. The number of nitrogens with one attached hydrogen (secondary N) is 2. The number of nitrogens with zero attached hydrogens (tertiary/aromatic N) is 1. The molecule has 3 aliphatic rings. The van der Waals surface area contributed by atoms with Crippen molar-refractivity contribution in [3.8, 4) is 0 Å². The highest BCUT2D eigenvalue weighted by Gasteiger charge is 2.34. The van der Waals surface area contributed by atoms with Gasteiger partial charge in [-0.3, -0.25) is 9.78 Å². The van der Waals surface area contributed by atoms with Gasteiger partial charge in [-0.2, -0.15) is 0 Å². The van der Waals surface area contributed by atoms with E-state index in [1.165, 1.54) is 13.8 Å². The second kappa shape index (κ2) is 8.14. The highest BCUT2D eigenvalue weighted by molar-refractivity contribution is 7.89. The number of ketones is 1. The van der Waals surface area contributed by atoms with Crippen LogP contribution in [0.1, 0.15) is 49.4 Å². The summed E-state index contributed by atoms with van der Waals surface area (Å²) in [6.45, 7) is 2.79. The topological polar surface area (TPSA) is 97.4 Å². The summed E-state index contributed by atoms with van der Waals surface area (Å²) in [6, 6.07) is 3.82. The standard InChI is InChI=1S/C24H28FN3O4S/c1-24(2,25)13-27-33(30,31)23-20-8-17(28-18-7-19(29)12-32-11-18)6-15(20)5-16-10-26-22(9-21(16)23)14-3-4-14/h5,7,9-10,14,17,27-28H,3-4,6,8,11-13H2,1-2H3/t17-/m1/s1. The second-order valence-corrected chi connectivity index (χ2v) is 11.6. The fraction of sp³-hybridized carbons (Fsp3) is 0.500. The number of hydrogen-bond acceptors (Lipinski definition) is 6. The minimum absolute atomic E-state index is 0.0695. The van der Waals surface area contributed by atoms with Crippen LogP contribution in [0.2, 0.25) is 0 Å². The first-order chi connectivity index (χ1) is 15.6. The second-order valence-electron chi connectivity index (χ2n) is 9.87. The van der Waals surface area contributed by atoms with Crippen LogP contribution in [0.25, 0.3) is 10.8 Å². The lowest BCUT2D eigenvalue weighted by Gasteiger charge is -2.20. The molecule has 1 saturated carbocycles. The smallest absolute Gasteiger partial charge is 0.241 e. The molecule has 176 valence electrons. The summed E-state index contributed by atoms with van der Waals surface area (Å²) in [5.41, 5.74) is 1.59. The monoisotopic (exact) mass is 473 g/mol. The van der Waals surface area contributed by atoms with E-state index in [4.69, 9.17) is 4.74 Å². The quantitative estimate of drug-likeness (QED) is 0.642. The number of pyridine rings is 1. The van der Waals surface area contributed by atoms with Gasteiger partial charge in [0.2, 0.25) is 10.0 Å². The molecule has 2 aromatic rings. The van der Waals surface area contributed by atoms with Gasteiger partial charge in [-0.05, 0) is 62.8 Å². The van der Waals surface area contributed by atoms with Gasteiger partial charge in [-0.1, -0.05) is 0 Å². The summed E-state index contributed by atoms with van der Waals surface area (Å²) < 4.78 is 48.9. The Balaban J connectivity index is 1.55. The Morgan fingerprint density at radius 1 is 1.21 bits per heavy atom. The third kappa shape index (κ3) is 4.81. The van der Waals surface area contributed by atoms with E-state index in [9.17, 15) is 17.6 Å². The molecular weight excluding hydrogens is 445 g/mol. The van der Waals surface area contributed by atoms with Crippen LogP contribution < -0.4 is 10.0 Å². The zero-order valence-electron chi connectivity index (χ0n) is 18.8. The first-order valence-corrected chi connectivity index (χ1v) is 12.8. The van der Waals surface area contributed by atoms with E-state index < -0.39 is 15.7 Å². The number of aromatic nitrogens is 1. The number of ether oxygens (including phenoxy) is 1. The van der Waals surface area contributed by atoms with Crippen LogP contribution in [0.15, 0.2) is 35.0 Å². The maximum atomic E-state index is 14.2. The van der Waals surface area contributed by atoms with E-state index in [0.29, 0.717) is 36.4 Å². The number of rotatable bonds is 7. The predicted molar refractivity (Wildman–Crippen MR) is 122 cm³/mol. The Bertz CT molecular complexity index is 1260. The molecule has 9 heteroatoms. The summed E-state index contributed by atoms with van der Waals surface area (Å²) in [7, 11) is -3.97. The number of fused-ring (bicyclic) bond motifs is 2. The van der Waals surface area contributed by atoms with Crippen molar-refractivity contribution in [3.63, 3.8) is 0 Å². The van der Waals surface area contributed by atoms with Crippen LogP contribution >= 0.6 is 0 Å². The third-order valence-corrected chi connectivity index (χ3v) is 7.81. The molecule has 2 heterocycles. The van der Waals surface area contributed by atoms with Gasteiger partial charge in [0.05, 0.1) is 11.5 Å². The summed E-state index contributed by atoms with van der Waals surface area (Å²) in [6.07, 6.45) is 6.50. The van der Waals surface area contributed by atoms with Crippen molar-refractivity contribution < 1.29 is 22.3 Å². The van der Waals surface area contributed by atoms with E-state index in [0.717, 1.165) is 35.0 Å². The summed E-state index contributed by atoms with van der Waals surface area (Å²) >= 11 is 0. The lowest BCUT2D eigenvalue weighted by Crippen LogP contribution is -2.36. The summed E-state index contributed by atoms with van der Waals surface area (Å²) in [5, 5.41) is 4.74. The molecule has 33 heavy (non-hydrogen) atoms. The van der Waals surface area contributed by atoms with Crippen LogP contribution in [0, 0.1) is 0 Å². The van der Waals surface area contributed by atoms with Crippen molar-refractivity contribution in [1.82, 2.24) is 15.0 Å². The zero-order valence-corrected chi connectivity index (χ0v) is 19.6. The molecule has 0 unspecified atom stereocenters. The van der Waals surface area contributed by atoms with E-state index >= 15 is 0 Å². The molecule has 1 aromatic carbocycles. The van der Waals surface area contributed by atoms with E-state index in [1.807, 2.05) is 12.1 Å². The lowest BCUT2D eigenvalue weighted by molar-refractivity contribution is -0.119. The fourth-order valence-electron chi connectivity index (χ4n) is 4.60. The van der Waals surface area contributed by atoms with Crippen LogP contribution in [0.4, 0.5) is 4.39 Å².